The standard InChI is InChI=1S/C19H25N3O5S/c1-26-18-8-7-16(28(24,25)22-9-3-2-4-10-22)12-17(18)21-19(23)14-20-13-15-6-5-11-27-15/h5-8,11-12,20H,2-4,9-10,13-14H2,1H3,(H,21,23)/p+1. The van der Waals surface area contributed by atoms with Gasteiger partial charge in [0.05, 0.1) is 24.0 Å². The van der Waals surface area contributed by atoms with Crippen LogP contribution in [0, 0.1) is 0 Å². The molecule has 0 aliphatic carbocycles. The number of anilines is 1. The number of ether oxygens (including phenoxy) is 1. The van der Waals surface area contributed by atoms with Crippen molar-refractivity contribution in [2.75, 3.05) is 32.1 Å². The van der Waals surface area contributed by atoms with E-state index in [1.165, 1.54) is 23.5 Å². The van der Waals surface area contributed by atoms with Gasteiger partial charge in [0.25, 0.3) is 5.91 Å². The van der Waals surface area contributed by atoms with Crippen molar-refractivity contribution in [3.63, 3.8) is 0 Å². The molecule has 3 rings (SSSR count). The molecule has 9 heteroatoms. The number of furan rings is 1. The lowest BCUT2D eigenvalue weighted by Gasteiger charge is -2.26. The first-order valence-corrected chi connectivity index (χ1v) is 10.8. The molecule has 0 spiro atoms. The number of carbonyl (C=O) groups is 1. The number of benzene rings is 1. The molecule has 0 saturated carbocycles. The smallest absolute Gasteiger partial charge is 0.279 e. The summed E-state index contributed by atoms with van der Waals surface area (Å²) in [6, 6.07) is 8.18. The summed E-state index contributed by atoms with van der Waals surface area (Å²) >= 11 is 0. The first-order chi connectivity index (χ1) is 13.5. The number of hydrogen-bond donors (Lipinski definition) is 2. The second-order valence-electron chi connectivity index (χ2n) is 6.65. The maximum atomic E-state index is 12.9. The third-order valence-electron chi connectivity index (χ3n) is 4.65. The molecule has 3 N–H and O–H groups in total. The highest BCUT2D eigenvalue weighted by Gasteiger charge is 2.27. The molecular weight excluding hydrogens is 382 g/mol. The van der Waals surface area contributed by atoms with Gasteiger partial charge in [0, 0.05) is 13.1 Å². The molecule has 1 aromatic heterocycles. The minimum absolute atomic E-state index is 0.157. The van der Waals surface area contributed by atoms with E-state index in [1.54, 1.807) is 23.7 Å². The summed E-state index contributed by atoms with van der Waals surface area (Å²) in [6.45, 7) is 1.77. The van der Waals surface area contributed by atoms with Crippen molar-refractivity contribution in [2.45, 2.75) is 30.7 Å². The molecule has 1 amide bonds. The largest absolute Gasteiger partial charge is 0.495 e. The molecule has 2 aromatic rings. The van der Waals surface area contributed by atoms with Gasteiger partial charge in [-0.3, -0.25) is 4.79 Å². The van der Waals surface area contributed by atoms with Crippen molar-refractivity contribution in [1.82, 2.24) is 4.31 Å². The van der Waals surface area contributed by atoms with Gasteiger partial charge in [-0.25, -0.2) is 8.42 Å². The van der Waals surface area contributed by atoms with Crippen molar-refractivity contribution in [2.24, 2.45) is 0 Å². The van der Waals surface area contributed by atoms with Gasteiger partial charge < -0.3 is 19.8 Å². The van der Waals surface area contributed by atoms with Gasteiger partial charge in [0.15, 0.2) is 12.3 Å². The lowest BCUT2D eigenvalue weighted by molar-refractivity contribution is -0.661. The highest BCUT2D eigenvalue weighted by atomic mass is 32.2. The van der Waals surface area contributed by atoms with Gasteiger partial charge >= 0.3 is 0 Å². The van der Waals surface area contributed by atoms with Gasteiger partial charge in [-0.1, -0.05) is 6.42 Å². The van der Waals surface area contributed by atoms with Gasteiger partial charge in [-0.2, -0.15) is 4.31 Å². The Hall–Kier alpha value is -2.36. The molecular formula is C19H26N3O5S+. The predicted octanol–water partition coefficient (Wildman–Crippen LogP) is 1.16. The van der Waals surface area contributed by atoms with Crippen LogP contribution >= 0.6 is 0 Å². The van der Waals surface area contributed by atoms with E-state index in [-0.39, 0.29) is 17.3 Å². The highest BCUT2D eigenvalue weighted by molar-refractivity contribution is 7.89. The van der Waals surface area contributed by atoms with Crippen LogP contribution in [0.4, 0.5) is 5.69 Å². The lowest BCUT2D eigenvalue weighted by Crippen LogP contribution is -2.84. The molecule has 1 aliphatic rings. The number of quaternary nitrogens is 1. The molecule has 152 valence electrons. The number of methoxy groups -OCH3 is 1. The molecule has 8 nitrogen and oxygen atoms in total. The number of nitrogens with two attached hydrogens (primary N) is 1. The maximum absolute atomic E-state index is 12.9. The molecule has 1 fully saturated rings. The molecule has 1 saturated heterocycles. The Morgan fingerprint density at radius 3 is 2.71 bits per heavy atom. The number of sulfonamides is 1. The third kappa shape index (κ3) is 4.92. The van der Waals surface area contributed by atoms with E-state index in [9.17, 15) is 13.2 Å². The predicted molar refractivity (Wildman–Crippen MR) is 103 cm³/mol. The van der Waals surface area contributed by atoms with Crippen molar-refractivity contribution in [3.05, 3.63) is 42.4 Å². The fourth-order valence-corrected chi connectivity index (χ4v) is 4.72. The second-order valence-corrected chi connectivity index (χ2v) is 8.59. The number of rotatable bonds is 8. The van der Waals surface area contributed by atoms with Crippen LogP contribution in [0.25, 0.3) is 0 Å². The Morgan fingerprint density at radius 1 is 1.25 bits per heavy atom. The fourth-order valence-electron chi connectivity index (χ4n) is 3.18. The molecule has 1 aromatic carbocycles. The maximum Gasteiger partial charge on any atom is 0.279 e. The third-order valence-corrected chi connectivity index (χ3v) is 6.55. The Morgan fingerprint density at radius 2 is 2.04 bits per heavy atom. The zero-order valence-corrected chi connectivity index (χ0v) is 16.7. The minimum atomic E-state index is -3.59. The Kier molecular flexibility index (Phi) is 6.71. The minimum Gasteiger partial charge on any atom is -0.495 e. The summed E-state index contributed by atoms with van der Waals surface area (Å²) in [5.74, 6) is 0.939. The number of hydrogen-bond acceptors (Lipinski definition) is 5. The molecule has 0 unspecified atom stereocenters. The van der Waals surface area contributed by atoms with E-state index >= 15 is 0 Å². The summed E-state index contributed by atoms with van der Waals surface area (Å²) in [5, 5.41) is 4.55. The van der Waals surface area contributed by atoms with Gasteiger partial charge in [-0.15, -0.1) is 0 Å². The van der Waals surface area contributed by atoms with E-state index in [2.05, 4.69) is 5.32 Å². The zero-order chi connectivity index (χ0) is 20.0. The molecule has 1 aliphatic heterocycles. The monoisotopic (exact) mass is 408 g/mol. The Labute approximate surface area is 164 Å². The summed E-state index contributed by atoms with van der Waals surface area (Å²) in [5.41, 5.74) is 0.344. The van der Waals surface area contributed by atoms with Crippen molar-refractivity contribution >= 4 is 21.6 Å². The van der Waals surface area contributed by atoms with Crippen LogP contribution in [0.2, 0.25) is 0 Å². The summed E-state index contributed by atoms with van der Waals surface area (Å²) < 4.78 is 37.8. The number of piperidine rings is 1. The topological polar surface area (TPSA) is 105 Å². The molecule has 2 heterocycles. The SMILES string of the molecule is COc1ccc(S(=O)(=O)N2CCCCC2)cc1NC(=O)C[NH2+]Cc1ccco1. The van der Waals surface area contributed by atoms with E-state index < -0.39 is 10.0 Å². The van der Waals surface area contributed by atoms with Crippen LogP contribution in [0.5, 0.6) is 5.75 Å². The first-order valence-electron chi connectivity index (χ1n) is 9.33. The molecule has 28 heavy (non-hydrogen) atoms. The number of nitrogens with zero attached hydrogens (tertiary/aromatic N) is 1. The van der Waals surface area contributed by atoms with Crippen LogP contribution in [0.3, 0.4) is 0 Å². The molecule has 0 bridgehead atoms. The Bertz CT molecular complexity index is 890. The van der Waals surface area contributed by atoms with E-state index in [0.717, 1.165) is 25.0 Å². The summed E-state index contributed by atoms with van der Waals surface area (Å²) in [7, 11) is -2.11. The van der Waals surface area contributed by atoms with Gasteiger partial charge in [0.2, 0.25) is 10.0 Å². The van der Waals surface area contributed by atoms with Crippen LogP contribution < -0.4 is 15.4 Å². The van der Waals surface area contributed by atoms with Gasteiger partial charge in [0.1, 0.15) is 12.3 Å². The average Bonchev–Trinajstić information content (AvgIpc) is 3.22. The van der Waals surface area contributed by atoms with Crippen molar-refractivity contribution < 1.29 is 27.7 Å². The molecule has 0 radical (unpaired) electrons. The van der Waals surface area contributed by atoms with E-state index in [4.69, 9.17) is 9.15 Å². The quantitative estimate of drug-likeness (QED) is 0.682. The second kappa shape index (κ2) is 9.22. The number of carbonyl (C=O) groups excluding carboxylic acids is 1. The highest BCUT2D eigenvalue weighted by Crippen LogP contribution is 2.29. The Balaban J connectivity index is 1.69. The van der Waals surface area contributed by atoms with E-state index in [1.807, 2.05) is 6.07 Å². The van der Waals surface area contributed by atoms with Crippen LogP contribution in [-0.2, 0) is 21.4 Å². The molecule has 0 atom stereocenters. The van der Waals surface area contributed by atoms with Crippen LogP contribution in [0.15, 0.2) is 45.9 Å². The van der Waals surface area contributed by atoms with Crippen molar-refractivity contribution in [3.8, 4) is 5.75 Å². The normalized spacial score (nSPS) is 15.3. The first kappa shape index (κ1) is 20.4. The van der Waals surface area contributed by atoms with Gasteiger partial charge in [-0.05, 0) is 43.2 Å². The number of amides is 1. The zero-order valence-electron chi connectivity index (χ0n) is 15.9. The number of nitrogens with one attached hydrogen (secondary N) is 1. The van der Waals surface area contributed by atoms with Crippen molar-refractivity contribution in [1.29, 1.82) is 0 Å². The summed E-state index contributed by atoms with van der Waals surface area (Å²) in [6.07, 6.45) is 4.36. The fraction of sp³-hybridized carbons (Fsp3) is 0.421. The van der Waals surface area contributed by atoms with Crippen LogP contribution in [0.1, 0.15) is 25.0 Å². The average molecular weight is 409 g/mol. The van der Waals surface area contributed by atoms with E-state index in [0.29, 0.717) is 31.1 Å². The summed E-state index contributed by atoms with van der Waals surface area (Å²) in [4.78, 5) is 12.4. The lowest BCUT2D eigenvalue weighted by atomic mass is 10.2. The van der Waals surface area contributed by atoms with Crippen LogP contribution in [-0.4, -0.2) is 45.4 Å².